The number of hydrogen-bond donors (Lipinski definition) is 2. The van der Waals surface area contributed by atoms with Crippen LogP contribution < -0.4 is 10.6 Å². The highest BCUT2D eigenvalue weighted by molar-refractivity contribution is 6.35. The number of nitriles is 1. The summed E-state index contributed by atoms with van der Waals surface area (Å²) in [7, 11) is 0. The fourth-order valence-corrected chi connectivity index (χ4v) is 5.06. The van der Waals surface area contributed by atoms with Crippen molar-refractivity contribution in [3.05, 3.63) is 59.3 Å². The number of halogens is 4. The second-order valence-electron chi connectivity index (χ2n) is 9.99. The van der Waals surface area contributed by atoms with E-state index in [4.69, 9.17) is 11.6 Å². The Balaban J connectivity index is 1.57. The number of hydrogen-bond acceptors (Lipinski definition) is 7. The molecule has 0 saturated carbocycles. The summed E-state index contributed by atoms with van der Waals surface area (Å²) in [6.45, 7) is 5.22. The van der Waals surface area contributed by atoms with Crippen molar-refractivity contribution in [3.63, 3.8) is 0 Å². The molecule has 0 spiro atoms. The van der Waals surface area contributed by atoms with Gasteiger partial charge in [0.05, 0.1) is 12.6 Å². The van der Waals surface area contributed by atoms with E-state index < -0.39 is 53.5 Å². The van der Waals surface area contributed by atoms with Crippen LogP contribution in [0.2, 0.25) is 5.02 Å². The van der Waals surface area contributed by atoms with Gasteiger partial charge in [-0.2, -0.15) is 18.4 Å². The highest BCUT2D eigenvalue weighted by Gasteiger charge is 2.50. The van der Waals surface area contributed by atoms with Gasteiger partial charge in [0.25, 0.3) is 0 Å². The first-order valence-corrected chi connectivity index (χ1v) is 12.4. The van der Waals surface area contributed by atoms with Gasteiger partial charge >= 0.3 is 6.18 Å². The lowest BCUT2D eigenvalue weighted by atomic mass is 9.80. The molecule has 2 unspecified atom stereocenters. The monoisotopic (exact) mass is 559 g/mol. The van der Waals surface area contributed by atoms with Gasteiger partial charge in [0.15, 0.2) is 11.5 Å². The molecule has 1 aliphatic rings. The molecule has 0 bridgehead atoms. The molecule has 39 heavy (non-hydrogen) atoms. The number of alkyl halides is 3. The van der Waals surface area contributed by atoms with Crippen LogP contribution in [0.3, 0.4) is 0 Å². The highest BCUT2D eigenvalue weighted by atomic mass is 35.5. The largest absolute Gasteiger partial charge is 0.437 e. The molecule has 2 amide bonds. The number of likely N-dealkylation sites (tertiary alicyclic amines) is 1. The molecule has 1 saturated heterocycles. The molecule has 1 fully saturated rings. The smallest absolute Gasteiger partial charge is 0.359 e. The average molecular weight is 560 g/mol. The number of rotatable bonds is 6. The first-order chi connectivity index (χ1) is 18.3. The maximum Gasteiger partial charge on any atom is 0.437 e. The third kappa shape index (κ3) is 5.59. The summed E-state index contributed by atoms with van der Waals surface area (Å²) in [4.78, 5) is 39.3. The maximum atomic E-state index is 13.6. The van der Waals surface area contributed by atoms with E-state index in [1.165, 1.54) is 11.1 Å². The zero-order valence-corrected chi connectivity index (χ0v) is 22.0. The fourth-order valence-electron chi connectivity index (χ4n) is 4.77. The molecular formula is C26H25ClF3N7O2. The van der Waals surface area contributed by atoms with Gasteiger partial charge in [0.2, 0.25) is 11.8 Å². The number of benzene rings is 1. The van der Waals surface area contributed by atoms with Crippen molar-refractivity contribution >= 4 is 40.0 Å². The Morgan fingerprint density at radius 2 is 1.97 bits per heavy atom. The Labute approximate surface area is 227 Å². The van der Waals surface area contributed by atoms with Crippen LogP contribution in [0.4, 0.5) is 19.0 Å². The summed E-state index contributed by atoms with van der Waals surface area (Å²) in [5, 5.41) is 16.7. The molecule has 1 aromatic carbocycles. The number of aromatic nitrogens is 3. The summed E-state index contributed by atoms with van der Waals surface area (Å²) in [6.07, 6.45) is 0.270. The number of nitrogens with zero attached hydrogens (tertiary/aromatic N) is 5. The molecule has 204 valence electrons. The summed E-state index contributed by atoms with van der Waals surface area (Å²) >= 11 is 6.39. The molecule has 9 nitrogen and oxygen atoms in total. The van der Waals surface area contributed by atoms with E-state index in [-0.39, 0.29) is 12.5 Å². The highest BCUT2D eigenvalue weighted by Crippen LogP contribution is 2.40. The molecular weight excluding hydrogens is 535 g/mol. The predicted molar refractivity (Wildman–Crippen MR) is 137 cm³/mol. The van der Waals surface area contributed by atoms with Crippen molar-refractivity contribution in [1.29, 1.82) is 5.26 Å². The van der Waals surface area contributed by atoms with Gasteiger partial charge in [-0.3, -0.25) is 14.6 Å². The van der Waals surface area contributed by atoms with Crippen LogP contribution in [-0.2, 0) is 15.8 Å². The van der Waals surface area contributed by atoms with Crippen molar-refractivity contribution < 1.29 is 22.8 Å². The second kappa shape index (κ2) is 10.6. The number of amides is 2. The molecule has 0 radical (unpaired) electrons. The van der Waals surface area contributed by atoms with Crippen LogP contribution >= 0.6 is 11.6 Å². The van der Waals surface area contributed by atoms with Gasteiger partial charge in [-0.1, -0.05) is 44.5 Å². The molecule has 2 aromatic heterocycles. The van der Waals surface area contributed by atoms with E-state index in [1.54, 1.807) is 24.4 Å². The van der Waals surface area contributed by atoms with Gasteiger partial charge in [-0.15, -0.1) is 0 Å². The lowest BCUT2D eigenvalue weighted by molar-refractivity contribution is -0.141. The average Bonchev–Trinajstić information content (AvgIpc) is 3.14. The minimum absolute atomic E-state index is 0.179. The van der Waals surface area contributed by atoms with Crippen LogP contribution in [0.1, 0.15) is 38.1 Å². The minimum atomic E-state index is -4.77. The Kier molecular flexibility index (Phi) is 7.66. The number of anilines is 1. The molecule has 0 aliphatic carbocycles. The summed E-state index contributed by atoms with van der Waals surface area (Å²) in [5.41, 5.74) is -1.34. The number of carbonyl (C=O) groups excluding carboxylic acids is 2. The van der Waals surface area contributed by atoms with Crippen molar-refractivity contribution in [2.24, 2.45) is 11.3 Å². The van der Waals surface area contributed by atoms with Crippen LogP contribution in [0.15, 0.2) is 43.0 Å². The predicted octanol–water partition coefficient (Wildman–Crippen LogP) is 4.36. The third-order valence-electron chi connectivity index (χ3n) is 7.07. The lowest BCUT2D eigenvalue weighted by Crippen LogP contribution is -2.50. The van der Waals surface area contributed by atoms with Gasteiger partial charge in [0, 0.05) is 52.7 Å². The van der Waals surface area contributed by atoms with Crippen LogP contribution in [0, 0.1) is 22.7 Å². The topological polar surface area (TPSA) is 124 Å². The normalized spacial score (nSPS) is 19.4. The summed E-state index contributed by atoms with van der Waals surface area (Å²) in [6, 6.07) is 5.17. The zero-order valence-electron chi connectivity index (χ0n) is 21.3. The van der Waals surface area contributed by atoms with Gasteiger partial charge in [0.1, 0.15) is 12.1 Å². The first kappa shape index (κ1) is 28.0. The zero-order chi connectivity index (χ0) is 28.5. The minimum Gasteiger partial charge on any atom is -0.359 e. The Morgan fingerprint density at radius 1 is 1.26 bits per heavy atom. The number of carbonyl (C=O) groups is 2. The van der Waals surface area contributed by atoms with Gasteiger partial charge in [-0.25, -0.2) is 9.97 Å². The maximum absolute atomic E-state index is 13.6. The molecule has 3 heterocycles. The van der Waals surface area contributed by atoms with E-state index in [2.05, 4.69) is 31.7 Å². The standard InChI is InChI=1S/C26H25ClF3N7O2/c1-14-21(24(39)36-18(9-31)16-11-32-10-15-5-4-6-17(27)20(15)16)37(13-25(14,2)3)19(38)12-35-23-22(26(28,29)30)33-7-8-34-23/h4-8,10-11,14,18,21H,12-13H2,1-3H3,(H,34,35)(H,36,39)/t14?,18?,21-/m0/s1. The molecule has 13 heteroatoms. The first-order valence-electron chi connectivity index (χ1n) is 12.0. The van der Waals surface area contributed by atoms with Crippen molar-refractivity contribution in [3.8, 4) is 6.07 Å². The van der Waals surface area contributed by atoms with Crippen LogP contribution in [0.5, 0.6) is 0 Å². The van der Waals surface area contributed by atoms with Crippen molar-refractivity contribution in [2.75, 3.05) is 18.4 Å². The van der Waals surface area contributed by atoms with Gasteiger partial charge in [-0.05, 0) is 17.4 Å². The Morgan fingerprint density at radius 3 is 2.67 bits per heavy atom. The fraction of sp³-hybridized carbons (Fsp3) is 0.385. The van der Waals surface area contributed by atoms with Gasteiger partial charge < -0.3 is 15.5 Å². The lowest BCUT2D eigenvalue weighted by Gasteiger charge is -2.28. The number of nitrogens with one attached hydrogen (secondary N) is 2. The van der Waals surface area contributed by atoms with E-state index in [0.717, 1.165) is 12.4 Å². The molecule has 3 atom stereocenters. The number of fused-ring (bicyclic) bond motifs is 1. The van der Waals surface area contributed by atoms with E-state index >= 15 is 0 Å². The van der Waals surface area contributed by atoms with Crippen LogP contribution in [0.25, 0.3) is 10.8 Å². The quantitative estimate of drug-likeness (QED) is 0.460. The van der Waals surface area contributed by atoms with E-state index in [1.807, 2.05) is 20.8 Å². The molecule has 3 aromatic rings. The summed E-state index contributed by atoms with van der Waals surface area (Å²) in [5.74, 6) is -2.10. The van der Waals surface area contributed by atoms with Crippen molar-refractivity contribution in [2.45, 2.75) is 39.0 Å². The third-order valence-corrected chi connectivity index (χ3v) is 7.39. The Bertz CT molecular complexity index is 1450. The van der Waals surface area contributed by atoms with E-state index in [0.29, 0.717) is 21.4 Å². The molecule has 2 N–H and O–H groups in total. The van der Waals surface area contributed by atoms with Crippen molar-refractivity contribution in [1.82, 2.24) is 25.2 Å². The molecule has 4 rings (SSSR count). The molecule has 1 aliphatic heterocycles. The Hall–Kier alpha value is -3.98. The second-order valence-corrected chi connectivity index (χ2v) is 10.4. The van der Waals surface area contributed by atoms with Crippen LogP contribution in [-0.4, -0.2) is 50.8 Å². The van der Waals surface area contributed by atoms with E-state index in [9.17, 15) is 28.0 Å². The number of pyridine rings is 1. The summed E-state index contributed by atoms with van der Waals surface area (Å²) < 4.78 is 39.8. The SMILES string of the molecule is CC1[C@@H](C(=O)NC(C#N)c2cncc3cccc(Cl)c23)N(C(=O)CNc2nccnc2C(F)(F)F)CC1(C)C.